The molecule has 3 heteroatoms. The molecule has 1 aliphatic heterocycles. The van der Waals surface area contributed by atoms with E-state index >= 15 is 0 Å². The van der Waals surface area contributed by atoms with Gasteiger partial charge in [-0.05, 0) is 24.6 Å². The Hall–Kier alpha value is -1.53. The van der Waals surface area contributed by atoms with Crippen molar-refractivity contribution in [2.75, 3.05) is 18.0 Å². The Kier molecular flexibility index (Phi) is 2.38. The number of nitriles is 1. The van der Waals surface area contributed by atoms with Crippen LogP contribution in [0.15, 0.2) is 24.3 Å². The van der Waals surface area contributed by atoms with Gasteiger partial charge in [-0.3, -0.25) is 0 Å². The topological polar surface area (TPSA) is 47.3 Å². The molecular formula is C11H12N2O. The molecule has 14 heavy (non-hydrogen) atoms. The van der Waals surface area contributed by atoms with Crippen LogP contribution in [0.3, 0.4) is 0 Å². The molecule has 1 fully saturated rings. The average Bonchev–Trinajstić information content (AvgIpc) is 2.65. The van der Waals surface area contributed by atoms with E-state index in [1.54, 1.807) is 6.07 Å². The van der Waals surface area contributed by atoms with Gasteiger partial charge in [0.1, 0.15) is 0 Å². The molecule has 0 aromatic heterocycles. The highest BCUT2D eigenvalue weighted by atomic mass is 16.3. The number of aliphatic hydroxyl groups is 1. The Morgan fingerprint density at radius 1 is 1.50 bits per heavy atom. The van der Waals surface area contributed by atoms with Gasteiger partial charge >= 0.3 is 0 Å². The fourth-order valence-electron chi connectivity index (χ4n) is 1.75. The summed E-state index contributed by atoms with van der Waals surface area (Å²) in [6.07, 6.45) is 0.595. The number of benzene rings is 1. The molecular weight excluding hydrogens is 176 g/mol. The van der Waals surface area contributed by atoms with Crippen LogP contribution in [-0.2, 0) is 0 Å². The average molecular weight is 188 g/mol. The molecule has 0 aliphatic carbocycles. The SMILES string of the molecule is N#Cc1cccc(N2CC[C@@H](O)C2)c1. The number of hydrogen-bond donors (Lipinski definition) is 1. The zero-order valence-electron chi connectivity index (χ0n) is 7.85. The third kappa shape index (κ3) is 1.70. The Balaban J connectivity index is 2.20. The second-order valence-electron chi connectivity index (χ2n) is 3.55. The Morgan fingerprint density at radius 2 is 2.36 bits per heavy atom. The van der Waals surface area contributed by atoms with Gasteiger partial charge in [0.2, 0.25) is 0 Å². The third-order valence-electron chi connectivity index (χ3n) is 2.50. The highest BCUT2D eigenvalue weighted by molar-refractivity contribution is 5.52. The van der Waals surface area contributed by atoms with Crippen molar-refractivity contribution in [3.8, 4) is 6.07 Å². The normalized spacial score (nSPS) is 20.9. The summed E-state index contributed by atoms with van der Waals surface area (Å²) < 4.78 is 0. The van der Waals surface area contributed by atoms with E-state index in [0.717, 1.165) is 18.7 Å². The number of aliphatic hydroxyl groups excluding tert-OH is 1. The molecule has 0 unspecified atom stereocenters. The summed E-state index contributed by atoms with van der Waals surface area (Å²) in [5.74, 6) is 0. The maximum absolute atomic E-state index is 9.38. The second kappa shape index (κ2) is 3.69. The maximum Gasteiger partial charge on any atom is 0.0992 e. The molecule has 2 rings (SSSR count). The summed E-state index contributed by atoms with van der Waals surface area (Å²) in [5, 5.41) is 18.1. The number of anilines is 1. The van der Waals surface area contributed by atoms with Crippen molar-refractivity contribution in [2.24, 2.45) is 0 Å². The molecule has 1 N–H and O–H groups in total. The van der Waals surface area contributed by atoms with Crippen molar-refractivity contribution in [2.45, 2.75) is 12.5 Å². The largest absolute Gasteiger partial charge is 0.391 e. The quantitative estimate of drug-likeness (QED) is 0.718. The predicted molar refractivity (Wildman–Crippen MR) is 54.0 cm³/mol. The van der Waals surface area contributed by atoms with Gasteiger partial charge in [-0.1, -0.05) is 6.07 Å². The first-order chi connectivity index (χ1) is 6.79. The predicted octanol–water partition coefficient (Wildman–Crippen LogP) is 1.13. The Labute approximate surface area is 83.2 Å². The summed E-state index contributed by atoms with van der Waals surface area (Å²) >= 11 is 0. The van der Waals surface area contributed by atoms with Crippen LogP contribution in [-0.4, -0.2) is 24.3 Å². The molecule has 1 aromatic carbocycles. The van der Waals surface area contributed by atoms with E-state index in [9.17, 15) is 5.11 Å². The van der Waals surface area contributed by atoms with Crippen LogP contribution in [0.25, 0.3) is 0 Å². The van der Waals surface area contributed by atoms with E-state index < -0.39 is 0 Å². The molecule has 72 valence electrons. The van der Waals surface area contributed by atoms with Crippen LogP contribution in [0.1, 0.15) is 12.0 Å². The number of β-amino-alcohol motifs (C(OH)–C–C–N with tert-alkyl or cyclic N) is 1. The number of hydrogen-bond acceptors (Lipinski definition) is 3. The summed E-state index contributed by atoms with van der Waals surface area (Å²) in [4.78, 5) is 2.10. The van der Waals surface area contributed by atoms with E-state index in [2.05, 4.69) is 11.0 Å². The van der Waals surface area contributed by atoms with E-state index in [1.807, 2.05) is 18.2 Å². The molecule has 1 atom stereocenters. The number of rotatable bonds is 1. The Morgan fingerprint density at radius 3 is 3.00 bits per heavy atom. The lowest BCUT2D eigenvalue weighted by atomic mass is 10.2. The van der Waals surface area contributed by atoms with Gasteiger partial charge < -0.3 is 10.0 Å². The standard InChI is InChI=1S/C11H12N2O/c12-7-9-2-1-3-10(6-9)13-5-4-11(14)8-13/h1-3,6,11,14H,4-5,8H2/t11-/m1/s1. The van der Waals surface area contributed by atoms with Gasteiger partial charge in [0.05, 0.1) is 17.7 Å². The fraction of sp³-hybridized carbons (Fsp3) is 0.364. The third-order valence-corrected chi connectivity index (χ3v) is 2.50. The van der Waals surface area contributed by atoms with Crippen molar-refractivity contribution >= 4 is 5.69 Å². The van der Waals surface area contributed by atoms with Crippen LogP contribution >= 0.6 is 0 Å². The second-order valence-corrected chi connectivity index (χ2v) is 3.55. The molecule has 3 nitrogen and oxygen atoms in total. The van der Waals surface area contributed by atoms with Crippen molar-refractivity contribution in [1.82, 2.24) is 0 Å². The van der Waals surface area contributed by atoms with E-state index in [4.69, 9.17) is 5.26 Å². The minimum absolute atomic E-state index is 0.222. The molecule has 1 aromatic rings. The summed E-state index contributed by atoms with van der Waals surface area (Å²) in [6, 6.07) is 9.60. The number of nitrogens with zero attached hydrogens (tertiary/aromatic N) is 2. The van der Waals surface area contributed by atoms with Crippen LogP contribution in [0, 0.1) is 11.3 Å². The van der Waals surface area contributed by atoms with Gasteiger partial charge in [0.15, 0.2) is 0 Å². The monoisotopic (exact) mass is 188 g/mol. The molecule has 0 bridgehead atoms. The van der Waals surface area contributed by atoms with Crippen LogP contribution < -0.4 is 4.90 Å². The van der Waals surface area contributed by atoms with Crippen LogP contribution in [0.4, 0.5) is 5.69 Å². The fourth-order valence-corrected chi connectivity index (χ4v) is 1.75. The Bertz CT molecular complexity index is 370. The lowest BCUT2D eigenvalue weighted by molar-refractivity contribution is 0.198. The molecule has 0 amide bonds. The van der Waals surface area contributed by atoms with Crippen LogP contribution in [0.5, 0.6) is 0 Å². The highest BCUT2D eigenvalue weighted by Gasteiger charge is 2.20. The highest BCUT2D eigenvalue weighted by Crippen LogP contribution is 2.20. The molecule has 1 saturated heterocycles. The van der Waals surface area contributed by atoms with Gasteiger partial charge in [-0.25, -0.2) is 0 Å². The molecule has 1 heterocycles. The maximum atomic E-state index is 9.38. The summed E-state index contributed by atoms with van der Waals surface area (Å²) in [5.41, 5.74) is 1.70. The first-order valence-electron chi connectivity index (χ1n) is 4.73. The van der Waals surface area contributed by atoms with Gasteiger partial charge in [0.25, 0.3) is 0 Å². The smallest absolute Gasteiger partial charge is 0.0992 e. The summed E-state index contributed by atoms with van der Waals surface area (Å²) in [7, 11) is 0. The van der Waals surface area contributed by atoms with Crippen molar-refractivity contribution in [1.29, 1.82) is 5.26 Å². The van der Waals surface area contributed by atoms with Gasteiger partial charge in [-0.2, -0.15) is 5.26 Å². The van der Waals surface area contributed by atoms with Crippen molar-refractivity contribution < 1.29 is 5.11 Å². The molecule has 0 saturated carbocycles. The summed E-state index contributed by atoms with van der Waals surface area (Å²) in [6.45, 7) is 1.55. The first-order valence-corrected chi connectivity index (χ1v) is 4.73. The minimum atomic E-state index is -0.222. The zero-order chi connectivity index (χ0) is 9.97. The molecule has 0 radical (unpaired) electrons. The van der Waals surface area contributed by atoms with Crippen molar-refractivity contribution in [3.05, 3.63) is 29.8 Å². The lowest BCUT2D eigenvalue weighted by Gasteiger charge is -2.17. The minimum Gasteiger partial charge on any atom is -0.391 e. The first kappa shape index (κ1) is 9.04. The van der Waals surface area contributed by atoms with Crippen molar-refractivity contribution in [3.63, 3.8) is 0 Å². The van der Waals surface area contributed by atoms with E-state index in [-0.39, 0.29) is 6.10 Å². The van der Waals surface area contributed by atoms with Gasteiger partial charge in [-0.15, -0.1) is 0 Å². The zero-order valence-corrected chi connectivity index (χ0v) is 7.85. The van der Waals surface area contributed by atoms with E-state index in [1.165, 1.54) is 0 Å². The molecule has 0 spiro atoms. The van der Waals surface area contributed by atoms with E-state index in [0.29, 0.717) is 12.1 Å². The molecule has 1 aliphatic rings. The van der Waals surface area contributed by atoms with Crippen LogP contribution in [0.2, 0.25) is 0 Å². The lowest BCUT2D eigenvalue weighted by Crippen LogP contribution is -2.20. The van der Waals surface area contributed by atoms with Gasteiger partial charge in [0, 0.05) is 18.8 Å².